The van der Waals surface area contributed by atoms with E-state index < -0.39 is 17.6 Å². The second kappa shape index (κ2) is 4.56. The zero-order valence-corrected chi connectivity index (χ0v) is 9.58. The molecule has 0 saturated heterocycles. The molecule has 0 aliphatic heterocycles. The number of aryl methyl sites for hydroxylation is 1. The van der Waals surface area contributed by atoms with Crippen LogP contribution >= 0.6 is 0 Å². The topological polar surface area (TPSA) is 37.3 Å². The molecule has 0 radical (unpaired) electrons. The van der Waals surface area contributed by atoms with Gasteiger partial charge in [-0.15, -0.1) is 0 Å². The molecule has 2 aromatic rings. The monoisotopic (exact) mass is 248 g/mol. The van der Waals surface area contributed by atoms with Crippen LogP contribution in [0.2, 0.25) is 0 Å². The van der Waals surface area contributed by atoms with E-state index in [1.165, 1.54) is 6.07 Å². The van der Waals surface area contributed by atoms with Gasteiger partial charge in [-0.1, -0.05) is 24.3 Å². The lowest BCUT2D eigenvalue weighted by Gasteiger charge is -2.09. The summed E-state index contributed by atoms with van der Waals surface area (Å²) in [7, 11) is 0. The van der Waals surface area contributed by atoms with Crippen molar-refractivity contribution >= 4 is 5.97 Å². The van der Waals surface area contributed by atoms with Crippen molar-refractivity contribution in [1.29, 1.82) is 0 Å². The third-order valence-corrected chi connectivity index (χ3v) is 2.72. The van der Waals surface area contributed by atoms with Crippen molar-refractivity contribution in [2.24, 2.45) is 0 Å². The number of rotatable bonds is 2. The molecule has 2 nitrogen and oxygen atoms in total. The van der Waals surface area contributed by atoms with Crippen molar-refractivity contribution in [3.63, 3.8) is 0 Å². The number of carbonyl (C=O) groups is 1. The fraction of sp³-hybridized carbons (Fsp3) is 0.0714. The first kappa shape index (κ1) is 12.2. The molecule has 0 aliphatic carbocycles. The number of aromatic carboxylic acids is 1. The van der Waals surface area contributed by atoms with Crippen LogP contribution < -0.4 is 0 Å². The van der Waals surface area contributed by atoms with Crippen LogP contribution in [0.5, 0.6) is 0 Å². The van der Waals surface area contributed by atoms with E-state index in [1.54, 1.807) is 25.1 Å². The van der Waals surface area contributed by atoms with Crippen LogP contribution in [-0.2, 0) is 0 Å². The summed E-state index contributed by atoms with van der Waals surface area (Å²) in [4.78, 5) is 11.2. The maximum atomic E-state index is 13.2. The molecule has 0 unspecified atom stereocenters. The van der Waals surface area contributed by atoms with Gasteiger partial charge in [0.25, 0.3) is 0 Å². The van der Waals surface area contributed by atoms with E-state index >= 15 is 0 Å². The summed E-state index contributed by atoms with van der Waals surface area (Å²) < 4.78 is 26.0. The zero-order chi connectivity index (χ0) is 13.3. The molecule has 0 atom stereocenters. The minimum atomic E-state index is -1.09. The van der Waals surface area contributed by atoms with Gasteiger partial charge in [0, 0.05) is 0 Å². The molecule has 4 heteroatoms. The summed E-state index contributed by atoms with van der Waals surface area (Å²) in [5.41, 5.74) is 1.39. The van der Waals surface area contributed by atoms with Crippen LogP contribution in [0.4, 0.5) is 8.78 Å². The smallest absolute Gasteiger partial charge is 0.336 e. The van der Waals surface area contributed by atoms with E-state index in [4.69, 9.17) is 5.11 Å². The number of benzene rings is 2. The van der Waals surface area contributed by atoms with E-state index in [-0.39, 0.29) is 5.56 Å². The second-order valence-electron chi connectivity index (χ2n) is 3.93. The molecule has 0 fully saturated rings. The van der Waals surface area contributed by atoms with Crippen molar-refractivity contribution in [2.45, 2.75) is 6.92 Å². The molecule has 0 aliphatic rings. The first-order valence-electron chi connectivity index (χ1n) is 5.29. The van der Waals surface area contributed by atoms with Gasteiger partial charge in [-0.3, -0.25) is 0 Å². The maximum absolute atomic E-state index is 13.2. The number of halogens is 2. The predicted octanol–water partition coefficient (Wildman–Crippen LogP) is 3.64. The highest BCUT2D eigenvalue weighted by atomic mass is 19.2. The Hall–Kier alpha value is -2.23. The molecule has 92 valence electrons. The molecule has 0 bridgehead atoms. The largest absolute Gasteiger partial charge is 0.478 e. The third-order valence-electron chi connectivity index (χ3n) is 2.72. The second-order valence-corrected chi connectivity index (χ2v) is 3.93. The summed E-state index contributed by atoms with van der Waals surface area (Å²) >= 11 is 0. The fourth-order valence-corrected chi connectivity index (χ4v) is 1.86. The molecule has 0 spiro atoms. The summed E-state index contributed by atoms with van der Waals surface area (Å²) in [6.45, 7) is 1.66. The zero-order valence-electron chi connectivity index (χ0n) is 9.58. The Morgan fingerprint density at radius 1 is 1.11 bits per heavy atom. The number of carboxylic acid groups (broad SMARTS) is 1. The van der Waals surface area contributed by atoms with E-state index in [9.17, 15) is 13.6 Å². The van der Waals surface area contributed by atoms with Gasteiger partial charge in [-0.25, -0.2) is 13.6 Å². The van der Waals surface area contributed by atoms with Crippen LogP contribution in [0.3, 0.4) is 0 Å². The van der Waals surface area contributed by atoms with Crippen molar-refractivity contribution in [3.05, 3.63) is 59.2 Å². The average Bonchev–Trinajstić information content (AvgIpc) is 2.32. The molecule has 1 N–H and O–H groups in total. The van der Waals surface area contributed by atoms with Gasteiger partial charge in [0.05, 0.1) is 5.56 Å². The SMILES string of the molecule is Cc1cccc(-c2ccc(F)c(F)c2)c1C(=O)O. The van der Waals surface area contributed by atoms with E-state index in [1.807, 2.05) is 0 Å². The van der Waals surface area contributed by atoms with Crippen molar-refractivity contribution in [3.8, 4) is 11.1 Å². The van der Waals surface area contributed by atoms with Gasteiger partial charge < -0.3 is 5.11 Å². The molecule has 18 heavy (non-hydrogen) atoms. The van der Waals surface area contributed by atoms with Crippen LogP contribution in [0.1, 0.15) is 15.9 Å². The van der Waals surface area contributed by atoms with Gasteiger partial charge in [0.2, 0.25) is 0 Å². The van der Waals surface area contributed by atoms with Crippen LogP contribution in [0.25, 0.3) is 11.1 Å². The number of hydrogen-bond donors (Lipinski definition) is 1. The van der Waals surface area contributed by atoms with Crippen molar-refractivity contribution in [1.82, 2.24) is 0 Å². The predicted molar refractivity (Wildman–Crippen MR) is 63.5 cm³/mol. The summed E-state index contributed by atoms with van der Waals surface area (Å²) in [5, 5.41) is 9.16. The molecule has 0 heterocycles. The van der Waals surface area contributed by atoms with Gasteiger partial charge >= 0.3 is 5.97 Å². The normalized spacial score (nSPS) is 10.4. The quantitative estimate of drug-likeness (QED) is 0.880. The first-order chi connectivity index (χ1) is 8.50. The maximum Gasteiger partial charge on any atom is 0.336 e. The van der Waals surface area contributed by atoms with Crippen LogP contribution in [-0.4, -0.2) is 11.1 Å². The molecule has 0 amide bonds. The standard InChI is InChI=1S/C14H10F2O2/c1-8-3-2-4-10(13(8)14(17)18)9-5-6-11(15)12(16)7-9/h2-7H,1H3,(H,17,18). The Balaban J connectivity index is 2.67. The average molecular weight is 248 g/mol. The highest BCUT2D eigenvalue weighted by Gasteiger charge is 2.15. The van der Waals surface area contributed by atoms with E-state index in [2.05, 4.69) is 0 Å². The summed E-state index contributed by atoms with van der Waals surface area (Å²) in [6, 6.07) is 8.25. The van der Waals surface area contributed by atoms with E-state index in [0.29, 0.717) is 16.7 Å². The third kappa shape index (κ3) is 2.09. The van der Waals surface area contributed by atoms with Gasteiger partial charge in [-0.2, -0.15) is 0 Å². The Labute approximate surface area is 103 Å². The Morgan fingerprint density at radius 3 is 2.44 bits per heavy atom. The first-order valence-corrected chi connectivity index (χ1v) is 5.29. The minimum absolute atomic E-state index is 0.100. The van der Waals surface area contributed by atoms with Crippen molar-refractivity contribution < 1.29 is 18.7 Å². The Morgan fingerprint density at radius 2 is 1.83 bits per heavy atom. The number of carboxylic acids is 1. The number of hydrogen-bond acceptors (Lipinski definition) is 1. The van der Waals surface area contributed by atoms with Gasteiger partial charge in [0.15, 0.2) is 11.6 Å². The van der Waals surface area contributed by atoms with Crippen LogP contribution in [0.15, 0.2) is 36.4 Å². The fourth-order valence-electron chi connectivity index (χ4n) is 1.86. The highest BCUT2D eigenvalue weighted by molar-refractivity contribution is 5.97. The minimum Gasteiger partial charge on any atom is -0.478 e. The molecule has 2 rings (SSSR count). The summed E-state index contributed by atoms with van der Waals surface area (Å²) in [5.74, 6) is -3.04. The molecule has 0 aromatic heterocycles. The molecular weight excluding hydrogens is 238 g/mol. The lowest BCUT2D eigenvalue weighted by Crippen LogP contribution is -2.02. The van der Waals surface area contributed by atoms with E-state index in [0.717, 1.165) is 12.1 Å². The van der Waals surface area contributed by atoms with Gasteiger partial charge in [0.1, 0.15) is 0 Å². The Bertz CT molecular complexity index is 621. The highest BCUT2D eigenvalue weighted by Crippen LogP contribution is 2.27. The molecular formula is C14H10F2O2. The lowest BCUT2D eigenvalue weighted by atomic mass is 9.96. The van der Waals surface area contributed by atoms with Gasteiger partial charge in [-0.05, 0) is 35.7 Å². The van der Waals surface area contributed by atoms with Crippen LogP contribution in [0, 0.1) is 18.6 Å². The molecule has 0 saturated carbocycles. The Kier molecular flexibility index (Phi) is 3.10. The van der Waals surface area contributed by atoms with Crippen molar-refractivity contribution in [2.75, 3.05) is 0 Å². The molecule has 2 aromatic carbocycles. The summed E-state index contributed by atoms with van der Waals surface area (Å²) in [6.07, 6.45) is 0. The lowest BCUT2D eigenvalue weighted by molar-refractivity contribution is 0.0697.